The SMILES string of the molecule is CCCCCOc1ccc(N2C(=O)[C@H]3[C@H](ON(c4ccccc4)[C@@H]3c3ccccc3)C2=O)cc1. The van der Waals surface area contributed by atoms with Crippen LogP contribution >= 0.6 is 0 Å². The van der Waals surface area contributed by atoms with Crippen molar-refractivity contribution in [3.05, 3.63) is 90.5 Å². The largest absolute Gasteiger partial charge is 0.494 e. The highest BCUT2D eigenvalue weighted by Crippen LogP contribution is 2.47. The number of anilines is 2. The Kier molecular flexibility index (Phi) is 6.32. The van der Waals surface area contributed by atoms with Crippen molar-refractivity contribution in [3.8, 4) is 5.75 Å². The molecule has 34 heavy (non-hydrogen) atoms. The number of unbranched alkanes of at least 4 members (excludes halogenated alkanes) is 2. The first-order valence-electron chi connectivity index (χ1n) is 11.9. The van der Waals surface area contributed by atoms with Gasteiger partial charge in [0.05, 0.1) is 24.0 Å². The predicted octanol–water partition coefficient (Wildman–Crippen LogP) is 5.31. The minimum absolute atomic E-state index is 0.251. The molecule has 174 valence electrons. The van der Waals surface area contributed by atoms with Crippen LogP contribution in [0.15, 0.2) is 84.9 Å². The molecule has 6 heteroatoms. The first kappa shape index (κ1) is 22.2. The maximum absolute atomic E-state index is 13.7. The third-order valence-corrected chi connectivity index (χ3v) is 6.38. The van der Waals surface area contributed by atoms with Gasteiger partial charge in [0.25, 0.3) is 5.91 Å². The van der Waals surface area contributed by atoms with Gasteiger partial charge in [0.15, 0.2) is 6.10 Å². The number of amides is 2. The van der Waals surface area contributed by atoms with Crippen LogP contribution in [0, 0.1) is 5.92 Å². The van der Waals surface area contributed by atoms with E-state index in [4.69, 9.17) is 9.57 Å². The summed E-state index contributed by atoms with van der Waals surface area (Å²) in [5.74, 6) is -0.502. The molecular formula is C28H28N2O4. The average Bonchev–Trinajstić information content (AvgIpc) is 3.39. The number of carbonyl (C=O) groups is 2. The fraction of sp³-hybridized carbons (Fsp3) is 0.286. The van der Waals surface area contributed by atoms with Gasteiger partial charge >= 0.3 is 0 Å². The summed E-state index contributed by atoms with van der Waals surface area (Å²) < 4.78 is 5.77. The third-order valence-electron chi connectivity index (χ3n) is 6.38. The summed E-state index contributed by atoms with van der Waals surface area (Å²) in [5.41, 5.74) is 2.27. The lowest BCUT2D eigenvalue weighted by Gasteiger charge is -2.28. The van der Waals surface area contributed by atoms with E-state index in [0.717, 1.165) is 36.3 Å². The molecule has 0 aromatic heterocycles. The van der Waals surface area contributed by atoms with Gasteiger partial charge in [-0.1, -0.05) is 68.3 Å². The lowest BCUT2D eigenvalue weighted by Crippen LogP contribution is -2.37. The molecule has 3 aromatic rings. The molecule has 3 atom stereocenters. The number of carbonyl (C=O) groups excluding carboxylic acids is 2. The molecule has 6 nitrogen and oxygen atoms in total. The summed E-state index contributed by atoms with van der Waals surface area (Å²) in [4.78, 5) is 34.5. The Hall–Kier alpha value is -3.64. The predicted molar refractivity (Wildman–Crippen MR) is 130 cm³/mol. The Morgan fingerprint density at radius 2 is 1.47 bits per heavy atom. The molecule has 0 N–H and O–H groups in total. The fourth-order valence-corrected chi connectivity index (χ4v) is 4.69. The maximum Gasteiger partial charge on any atom is 0.266 e. The van der Waals surface area contributed by atoms with E-state index < -0.39 is 18.1 Å². The Morgan fingerprint density at radius 3 is 2.15 bits per heavy atom. The summed E-state index contributed by atoms with van der Waals surface area (Å²) in [6.07, 6.45) is 2.39. The first-order chi connectivity index (χ1) is 16.7. The quantitative estimate of drug-likeness (QED) is 0.340. The topological polar surface area (TPSA) is 59.1 Å². The minimum Gasteiger partial charge on any atom is -0.494 e. The highest BCUT2D eigenvalue weighted by Gasteiger charge is 2.60. The zero-order valence-corrected chi connectivity index (χ0v) is 19.2. The lowest BCUT2D eigenvalue weighted by atomic mass is 9.90. The number of hydrogen-bond acceptors (Lipinski definition) is 5. The molecule has 2 heterocycles. The number of ether oxygens (including phenoxy) is 1. The molecule has 2 saturated heterocycles. The smallest absolute Gasteiger partial charge is 0.266 e. The molecule has 0 aliphatic carbocycles. The van der Waals surface area contributed by atoms with Crippen LogP contribution in [0.5, 0.6) is 5.75 Å². The van der Waals surface area contributed by atoms with E-state index in [1.165, 1.54) is 4.90 Å². The molecule has 2 aliphatic rings. The van der Waals surface area contributed by atoms with Crippen molar-refractivity contribution in [2.45, 2.75) is 38.3 Å². The summed E-state index contributed by atoms with van der Waals surface area (Å²) in [6, 6.07) is 26.1. The van der Waals surface area contributed by atoms with Gasteiger partial charge in [0.1, 0.15) is 11.7 Å². The normalized spacial score (nSPS) is 21.7. The van der Waals surface area contributed by atoms with Crippen molar-refractivity contribution < 1.29 is 19.2 Å². The van der Waals surface area contributed by atoms with Crippen molar-refractivity contribution in [1.29, 1.82) is 0 Å². The van der Waals surface area contributed by atoms with Crippen LogP contribution in [-0.2, 0) is 14.4 Å². The Morgan fingerprint density at radius 1 is 0.794 bits per heavy atom. The van der Waals surface area contributed by atoms with E-state index in [9.17, 15) is 9.59 Å². The summed E-state index contributed by atoms with van der Waals surface area (Å²) in [6.45, 7) is 2.81. The molecule has 0 saturated carbocycles. The standard InChI is InChI=1S/C28H28N2O4/c1-2-3-10-19-33-23-17-15-21(16-18-23)29-27(31)24-25(20-11-6-4-7-12-20)30(34-26(24)28(29)32)22-13-8-5-9-14-22/h4-9,11-18,24-26H,2-3,10,19H2,1H3/t24-,25-,26+/m1/s1. The molecule has 0 bridgehead atoms. The summed E-state index contributed by atoms with van der Waals surface area (Å²) in [5, 5.41) is 1.71. The molecule has 0 unspecified atom stereocenters. The number of imide groups is 1. The van der Waals surface area contributed by atoms with Crippen LogP contribution in [0.2, 0.25) is 0 Å². The van der Waals surface area contributed by atoms with Gasteiger partial charge in [0.2, 0.25) is 5.91 Å². The molecule has 2 aliphatic heterocycles. The minimum atomic E-state index is -0.872. The highest BCUT2D eigenvalue weighted by molar-refractivity contribution is 6.23. The van der Waals surface area contributed by atoms with E-state index in [0.29, 0.717) is 12.3 Å². The van der Waals surface area contributed by atoms with Crippen LogP contribution in [0.25, 0.3) is 0 Å². The number of nitrogens with zero attached hydrogens (tertiary/aromatic N) is 2. The van der Waals surface area contributed by atoms with Crippen molar-refractivity contribution in [1.82, 2.24) is 0 Å². The van der Waals surface area contributed by atoms with Crippen LogP contribution in [0.1, 0.15) is 37.8 Å². The number of benzene rings is 3. The Labute approximate surface area is 199 Å². The Bertz CT molecular complexity index is 1130. The van der Waals surface area contributed by atoms with Gasteiger partial charge in [-0.2, -0.15) is 0 Å². The molecule has 0 radical (unpaired) electrons. The van der Waals surface area contributed by atoms with Crippen molar-refractivity contribution in [3.63, 3.8) is 0 Å². The van der Waals surface area contributed by atoms with Crippen molar-refractivity contribution >= 4 is 23.2 Å². The van der Waals surface area contributed by atoms with Crippen molar-refractivity contribution in [2.24, 2.45) is 5.92 Å². The monoisotopic (exact) mass is 456 g/mol. The summed E-state index contributed by atoms with van der Waals surface area (Å²) >= 11 is 0. The van der Waals surface area contributed by atoms with Crippen LogP contribution in [0.3, 0.4) is 0 Å². The maximum atomic E-state index is 13.7. The third kappa shape index (κ3) is 4.05. The highest BCUT2D eigenvalue weighted by atomic mass is 16.7. The zero-order valence-electron chi connectivity index (χ0n) is 19.2. The van der Waals surface area contributed by atoms with Crippen molar-refractivity contribution in [2.75, 3.05) is 16.6 Å². The number of fused-ring (bicyclic) bond motifs is 1. The number of hydrogen-bond donors (Lipinski definition) is 0. The van der Waals surface area contributed by atoms with Gasteiger partial charge in [-0.25, -0.2) is 9.96 Å². The van der Waals surface area contributed by atoms with Crippen LogP contribution < -0.4 is 14.7 Å². The second kappa shape index (κ2) is 9.69. The van der Waals surface area contributed by atoms with E-state index in [1.807, 2.05) is 72.8 Å². The second-order valence-electron chi connectivity index (χ2n) is 8.63. The molecule has 0 spiro atoms. The van der Waals surface area contributed by atoms with Gasteiger partial charge in [-0.3, -0.25) is 14.4 Å². The van der Waals surface area contributed by atoms with Crippen LogP contribution in [0.4, 0.5) is 11.4 Å². The number of rotatable bonds is 8. The molecule has 5 rings (SSSR count). The van der Waals surface area contributed by atoms with Gasteiger partial charge in [-0.05, 0) is 48.4 Å². The molecule has 3 aromatic carbocycles. The van der Waals surface area contributed by atoms with Crippen LogP contribution in [-0.4, -0.2) is 24.5 Å². The first-order valence-corrected chi connectivity index (χ1v) is 11.9. The number of hydroxylamine groups is 1. The average molecular weight is 457 g/mol. The molecule has 2 fully saturated rings. The lowest BCUT2D eigenvalue weighted by molar-refractivity contribution is -0.126. The van der Waals surface area contributed by atoms with E-state index >= 15 is 0 Å². The molecule has 2 amide bonds. The van der Waals surface area contributed by atoms with E-state index in [1.54, 1.807) is 17.2 Å². The van der Waals surface area contributed by atoms with Gasteiger partial charge in [0, 0.05) is 0 Å². The van der Waals surface area contributed by atoms with E-state index in [2.05, 4.69) is 6.92 Å². The fourth-order valence-electron chi connectivity index (χ4n) is 4.69. The van der Waals surface area contributed by atoms with Gasteiger partial charge < -0.3 is 4.74 Å². The summed E-state index contributed by atoms with van der Waals surface area (Å²) in [7, 11) is 0. The van der Waals surface area contributed by atoms with Gasteiger partial charge in [-0.15, -0.1) is 0 Å². The Balaban J connectivity index is 1.41. The molecular weight excluding hydrogens is 428 g/mol. The number of para-hydroxylation sites is 1. The zero-order chi connectivity index (χ0) is 23.5. The van der Waals surface area contributed by atoms with E-state index in [-0.39, 0.29) is 11.8 Å². The second-order valence-corrected chi connectivity index (χ2v) is 8.63.